The van der Waals surface area contributed by atoms with Gasteiger partial charge in [0.1, 0.15) is 0 Å². The Hall–Kier alpha value is -1.36. The summed E-state index contributed by atoms with van der Waals surface area (Å²) in [7, 11) is 0. The fraction of sp³-hybridized carbons (Fsp3) is 0.636. The SMILES string of the molecule is Cc1c(CN2CCN(C3CCCCC3)C(CCO)C2)[nH]c2ccccc12. The van der Waals surface area contributed by atoms with E-state index in [2.05, 4.69) is 46.0 Å². The second-order valence-electron chi connectivity index (χ2n) is 8.21. The van der Waals surface area contributed by atoms with Gasteiger partial charge in [0.05, 0.1) is 0 Å². The zero-order valence-electron chi connectivity index (χ0n) is 16.1. The van der Waals surface area contributed by atoms with Gasteiger partial charge in [-0.3, -0.25) is 9.80 Å². The number of piperazine rings is 1. The molecule has 0 spiro atoms. The summed E-state index contributed by atoms with van der Waals surface area (Å²) in [5.41, 5.74) is 3.97. The molecule has 0 radical (unpaired) electrons. The van der Waals surface area contributed by atoms with Crippen molar-refractivity contribution in [2.24, 2.45) is 0 Å². The van der Waals surface area contributed by atoms with E-state index < -0.39 is 0 Å². The lowest BCUT2D eigenvalue weighted by Gasteiger charge is -2.46. The van der Waals surface area contributed by atoms with Crippen molar-refractivity contribution in [1.82, 2.24) is 14.8 Å². The molecular formula is C22H33N3O. The molecule has 1 saturated carbocycles. The highest BCUT2D eigenvalue weighted by Gasteiger charge is 2.32. The van der Waals surface area contributed by atoms with E-state index in [0.29, 0.717) is 12.6 Å². The summed E-state index contributed by atoms with van der Waals surface area (Å²) in [6.45, 7) is 6.87. The maximum atomic E-state index is 9.60. The number of rotatable bonds is 5. The van der Waals surface area contributed by atoms with Gasteiger partial charge in [0.2, 0.25) is 0 Å². The molecule has 1 aromatic carbocycles. The Morgan fingerprint density at radius 2 is 1.92 bits per heavy atom. The third-order valence-electron chi connectivity index (χ3n) is 6.57. The molecule has 2 aromatic rings. The van der Waals surface area contributed by atoms with Crippen LogP contribution in [0, 0.1) is 6.92 Å². The van der Waals surface area contributed by atoms with Crippen molar-refractivity contribution in [1.29, 1.82) is 0 Å². The van der Waals surface area contributed by atoms with E-state index >= 15 is 0 Å². The number of aryl methyl sites for hydroxylation is 1. The second-order valence-corrected chi connectivity index (χ2v) is 8.21. The summed E-state index contributed by atoms with van der Waals surface area (Å²) in [5, 5.41) is 10.9. The van der Waals surface area contributed by atoms with Gasteiger partial charge in [0.25, 0.3) is 0 Å². The molecule has 26 heavy (non-hydrogen) atoms. The van der Waals surface area contributed by atoms with Crippen LogP contribution in [-0.2, 0) is 6.54 Å². The number of benzene rings is 1. The van der Waals surface area contributed by atoms with Crippen LogP contribution in [0.5, 0.6) is 0 Å². The van der Waals surface area contributed by atoms with Crippen molar-refractivity contribution in [3.63, 3.8) is 0 Å². The molecule has 2 aliphatic rings. The average molecular weight is 356 g/mol. The van der Waals surface area contributed by atoms with Crippen LogP contribution in [0.1, 0.15) is 49.8 Å². The molecule has 4 heteroatoms. The summed E-state index contributed by atoms with van der Waals surface area (Å²) in [5.74, 6) is 0. The Labute approximate surface area is 157 Å². The predicted molar refractivity (Wildman–Crippen MR) is 107 cm³/mol. The number of aliphatic hydroxyl groups excluding tert-OH is 1. The first-order valence-corrected chi connectivity index (χ1v) is 10.4. The predicted octanol–water partition coefficient (Wildman–Crippen LogP) is 3.68. The van der Waals surface area contributed by atoms with Crippen LogP contribution in [0.15, 0.2) is 24.3 Å². The van der Waals surface area contributed by atoms with E-state index in [1.165, 1.54) is 54.3 Å². The van der Waals surface area contributed by atoms with Crippen molar-refractivity contribution < 1.29 is 5.11 Å². The third kappa shape index (κ3) is 3.68. The highest BCUT2D eigenvalue weighted by Crippen LogP contribution is 2.28. The van der Waals surface area contributed by atoms with Gasteiger partial charge in [-0.1, -0.05) is 37.5 Å². The number of aromatic amines is 1. The van der Waals surface area contributed by atoms with Crippen LogP contribution in [-0.4, -0.2) is 58.2 Å². The second kappa shape index (κ2) is 8.12. The molecule has 4 nitrogen and oxygen atoms in total. The van der Waals surface area contributed by atoms with Gasteiger partial charge in [0.15, 0.2) is 0 Å². The number of fused-ring (bicyclic) bond motifs is 1. The van der Waals surface area contributed by atoms with Gasteiger partial charge >= 0.3 is 0 Å². The number of aromatic nitrogens is 1. The van der Waals surface area contributed by atoms with Gasteiger partial charge in [-0.15, -0.1) is 0 Å². The Morgan fingerprint density at radius 3 is 2.69 bits per heavy atom. The van der Waals surface area contributed by atoms with Crippen molar-refractivity contribution in [3.8, 4) is 0 Å². The molecule has 0 bridgehead atoms. The van der Waals surface area contributed by atoms with E-state index in [1.807, 2.05) is 0 Å². The Bertz CT molecular complexity index is 719. The Balaban J connectivity index is 1.45. The number of nitrogens with one attached hydrogen (secondary N) is 1. The quantitative estimate of drug-likeness (QED) is 0.860. The van der Waals surface area contributed by atoms with Gasteiger partial charge < -0.3 is 10.1 Å². The average Bonchev–Trinajstić information content (AvgIpc) is 2.99. The lowest BCUT2D eigenvalue weighted by atomic mass is 9.92. The topological polar surface area (TPSA) is 42.5 Å². The van der Waals surface area contributed by atoms with E-state index in [9.17, 15) is 5.11 Å². The Kier molecular flexibility index (Phi) is 5.63. The molecule has 1 atom stereocenters. The van der Waals surface area contributed by atoms with Crippen LogP contribution in [0.4, 0.5) is 0 Å². The van der Waals surface area contributed by atoms with Gasteiger partial charge in [0, 0.05) is 61.5 Å². The molecule has 1 aliphatic heterocycles. The standard InChI is InChI=1S/C22H33N3O/c1-17-20-9-5-6-10-21(20)23-22(17)16-24-12-13-25(19(15-24)11-14-26)18-7-3-2-4-8-18/h5-6,9-10,18-19,23,26H,2-4,7-8,11-16H2,1H3. The number of H-pyrrole nitrogens is 1. The molecule has 2 fully saturated rings. The largest absolute Gasteiger partial charge is 0.396 e. The minimum atomic E-state index is 0.299. The minimum absolute atomic E-state index is 0.299. The molecule has 1 aliphatic carbocycles. The fourth-order valence-corrected chi connectivity index (χ4v) is 5.10. The third-order valence-corrected chi connectivity index (χ3v) is 6.57. The zero-order valence-corrected chi connectivity index (χ0v) is 16.1. The highest BCUT2D eigenvalue weighted by molar-refractivity contribution is 5.84. The smallest absolute Gasteiger partial charge is 0.0459 e. The van der Waals surface area contributed by atoms with Crippen LogP contribution in [0.3, 0.4) is 0 Å². The summed E-state index contributed by atoms with van der Waals surface area (Å²) < 4.78 is 0. The molecular weight excluding hydrogens is 322 g/mol. The summed E-state index contributed by atoms with van der Waals surface area (Å²) >= 11 is 0. The van der Waals surface area contributed by atoms with Gasteiger partial charge in [-0.2, -0.15) is 0 Å². The molecule has 2 N–H and O–H groups in total. The lowest BCUT2D eigenvalue weighted by Crippen LogP contribution is -2.56. The maximum Gasteiger partial charge on any atom is 0.0459 e. The highest BCUT2D eigenvalue weighted by atomic mass is 16.3. The van der Waals surface area contributed by atoms with Crippen molar-refractivity contribution in [3.05, 3.63) is 35.5 Å². The van der Waals surface area contributed by atoms with Crippen LogP contribution < -0.4 is 0 Å². The van der Waals surface area contributed by atoms with E-state index in [0.717, 1.165) is 38.6 Å². The van der Waals surface area contributed by atoms with E-state index in [1.54, 1.807) is 0 Å². The fourth-order valence-electron chi connectivity index (χ4n) is 5.10. The molecule has 1 saturated heterocycles. The number of nitrogens with zero attached hydrogens (tertiary/aromatic N) is 2. The molecule has 142 valence electrons. The number of aliphatic hydroxyl groups is 1. The minimum Gasteiger partial charge on any atom is -0.396 e. The number of para-hydroxylation sites is 1. The van der Waals surface area contributed by atoms with E-state index in [4.69, 9.17) is 0 Å². The van der Waals surface area contributed by atoms with Crippen molar-refractivity contribution in [2.75, 3.05) is 26.2 Å². The van der Waals surface area contributed by atoms with Gasteiger partial charge in [-0.05, 0) is 37.8 Å². The monoisotopic (exact) mass is 355 g/mol. The van der Waals surface area contributed by atoms with Crippen LogP contribution >= 0.6 is 0 Å². The molecule has 2 heterocycles. The number of hydrogen-bond donors (Lipinski definition) is 2. The van der Waals surface area contributed by atoms with Crippen molar-refractivity contribution in [2.45, 2.75) is 64.1 Å². The molecule has 1 unspecified atom stereocenters. The summed E-state index contributed by atoms with van der Waals surface area (Å²) in [4.78, 5) is 8.93. The maximum absolute atomic E-state index is 9.60. The Morgan fingerprint density at radius 1 is 1.12 bits per heavy atom. The summed E-state index contributed by atoms with van der Waals surface area (Å²) in [6.07, 6.45) is 7.77. The summed E-state index contributed by atoms with van der Waals surface area (Å²) in [6, 6.07) is 9.84. The van der Waals surface area contributed by atoms with Gasteiger partial charge in [-0.25, -0.2) is 0 Å². The molecule has 0 amide bonds. The first-order valence-electron chi connectivity index (χ1n) is 10.4. The van der Waals surface area contributed by atoms with Crippen molar-refractivity contribution >= 4 is 10.9 Å². The molecule has 1 aromatic heterocycles. The molecule has 4 rings (SSSR count). The first kappa shape index (κ1) is 18.0. The number of hydrogen-bond acceptors (Lipinski definition) is 3. The first-order chi connectivity index (χ1) is 12.8. The van der Waals surface area contributed by atoms with Crippen LogP contribution in [0.25, 0.3) is 10.9 Å². The lowest BCUT2D eigenvalue weighted by molar-refractivity contribution is 0.0133. The normalized spacial score (nSPS) is 23.7. The van der Waals surface area contributed by atoms with Crippen LogP contribution in [0.2, 0.25) is 0 Å². The van der Waals surface area contributed by atoms with E-state index in [-0.39, 0.29) is 0 Å². The zero-order chi connectivity index (χ0) is 17.9.